The van der Waals surface area contributed by atoms with Crippen molar-refractivity contribution >= 4 is 39.9 Å². The summed E-state index contributed by atoms with van der Waals surface area (Å²) < 4.78 is 3.89. The third kappa shape index (κ3) is 2.85. The summed E-state index contributed by atoms with van der Waals surface area (Å²) in [6.45, 7) is 1.67. The van der Waals surface area contributed by atoms with E-state index in [-0.39, 0.29) is 15.7 Å². The molecule has 0 saturated heterocycles. The van der Waals surface area contributed by atoms with Gasteiger partial charge in [-0.15, -0.1) is 0 Å². The molecule has 98 valence electrons. The molecule has 1 N–H and O–H groups in total. The van der Waals surface area contributed by atoms with Gasteiger partial charge in [0.1, 0.15) is 16.4 Å². The zero-order valence-corrected chi connectivity index (χ0v) is 11.2. The molecule has 0 saturated carbocycles. The van der Waals surface area contributed by atoms with Gasteiger partial charge in [-0.2, -0.15) is 4.37 Å². The molecule has 0 aliphatic heterocycles. The van der Waals surface area contributed by atoms with Gasteiger partial charge in [0.2, 0.25) is 5.13 Å². The maximum atomic E-state index is 12.0. The van der Waals surface area contributed by atoms with Gasteiger partial charge in [-0.05, 0) is 19.1 Å². The van der Waals surface area contributed by atoms with Gasteiger partial charge >= 0.3 is 5.69 Å². The number of carbonyl (C=O) groups is 1. The minimum Gasteiger partial charge on any atom is -0.296 e. The molecule has 0 unspecified atom stereocenters. The lowest BCUT2D eigenvalue weighted by atomic mass is 10.1. The summed E-state index contributed by atoms with van der Waals surface area (Å²) in [6.07, 6.45) is 0. The smallest absolute Gasteiger partial charge is 0.296 e. The minimum absolute atomic E-state index is 0.0916. The predicted octanol–water partition coefficient (Wildman–Crippen LogP) is 2.66. The number of aromatic nitrogens is 2. The van der Waals surface area contributed by atoms with Crippen molar-refractivity contribution in [3.63, 3.8) is 0 Å². The maximum absolute atomic E-state index is 12.0. The molecule has 1 aromatic carbocycles. The summed E-state index contributed by atoms with van der Waals surface area (Å²) in [5.74, 6) is -0.133. The van der Waals surface area contributed by atoms with Crippen LogP contribution in [0.2, 0.25) is 5.02 Å². The molecule has 9 heteroatoms. The Labute approximate surface area is 116 Å². The van der Waals surface area contributed by atoms with Gasteiger partial charge in [0.05, 0.1) is 4.92 Å². The number of nitro benzene ring substituents is 1. The summed E-state index contributed by atoms with van der Waals surface area (Å²) in [6, 6.07) is 4.15. The summed E-state index contributed by atoms with van der Waals surface area (Å²) in [5, 5.41) is 13.5. The monoisotopic (exact) mass is 298 g/mol. The Hall–Kier alpha value is -2.06. The Morgan fingerprint density at radius 3 is 2.84 bits per heavy atom. The number of aryl methyl sites for hydroxylation is 1. The molecule has 0 aliphatic carbocycles. The highest BCUT2D eigenvalue weighted by Gasteiger charge is 2.24. The first-order valence-corrected chi connectivity index (χ1v) is 6.18. The van der Waals surface area contributed by atoms with Crippen LogP contribution >= 0.6 is 23.1 Å². The third-order valence-electron chi connectivity index (χ3n) is 2.16. The lowest BCUT2D eigenvalue weighted by Gasteiger charge is -2.03. The predicted molar refractivity (Wildman–Crippen MR) is 70.7 cm³/mol. The maximum Gasteiger partial charge on any atom is 0.300 e. The first kappa shape index (κ1) is 13.4. The van der Waals surface area contributed by atoms with Crippen molar-refractivity contribution in [2.75, 3.05) is 5.32 Å². The number of nitrogens with one attached hydrogen (secondary N) is 1. The van der Waals surface area contributed by atoms with Crippen LogP contribution in [-0.2, 0) is 0 Å². The zero-order chi connectivity index (χ0) is 14.0. The Balaban J connectivity index is 2.34. The van der Waals surface area contributed by atoms with E-state index in [1.54, 1.807) is 6.92 Å². The van der Waals surface area contributed by atoms with Crippen molar-refractivity contribution in [3.8, 4) is 0 Å². The van der Waals surface area contributed by atoms with Crippen LogP contribution in [0.5, 0.6) is 0 Å². The molecule has 0 aliphatic rings. The van der Waals surface area contributed by atoms with E-state index >= 15 is 0 Å². The van der Waals surface area contributed by atoms with E-state index in [1.807, 2.05) is 0 Å². The largest absolute Gasteiger partial charge is 0.300 e. The Bertz CT molecular complexity index is 658. The van der Waals surface area contributed by atoms with Gasteiger partial charge in [0.25, 0.3) is 5.91 Å². The second-order valence-corrected chi connectivity index (χ2v) is 4.65. The quantitative estimate of drug-likeness (QED) is 0.694. The number of hydrogen-bond acceptors (Lipinski definition) is 6. The van der Waals surface area contributed by atoms with E-state index in [0.29, 0.717) is 5.82 Å². The molecule has 19 heavy (non-hydrogen) atoms. The number of rotatable bonds is 3. The number of amides is 1. The van der Waals surface area contributed by atoms with Crippen LogP contribution in [0, 0.1) is 17.0 Å². The van der Waals surface area contributed by atoms with Crippen LogP contribution in [0.25, 0.3) is 0 Å². The molecular formula is C10H7ClN4O3S. The number of hydrogen-bond donors (Lipinski definition) is 1. The summed E-state index contributed by atoms with van der Waals surface area (Å²) in [5.41, 5.74) is -0.548. The van der Waals surface area contributed by atoms with Gasteiger partial charge in [-0.25, -0.2) is 4.98 Å². The van der Waals surface area contributed by atoms with E-state index in [4.69, 9.17) is 11.6 Å². The van der Waals surface area contributed by atoms with Crippen molar-refractivity contribution in [2.24, 2.45) is 0 Å². The van der Waals surface area contributed by atoms with E-state index in [0.717, 1.165) is 11.5 Å². The van der Waals surface area contributed by atoms with Crippen LogP contribution in [0.4, 0.5) is 10.8 Å². The fourth-order valence-electron chi connectivity index (χ4n) is 1.40. The minimum atomic E-state index is -0.692. The van der Waals surface area contributed by atoms with Crippen molar-refractivity contribution in [3.05, 3.63) is 44.7 Å². The van der Waals surface area contributed by atoms with Gasteiger partial charge < -0.3 is 0 Å². The van der Waals surface area contributed by atoms with E-state index in [9.17, 15) is 14.9 Å². The van der Waals surface area contributed by atoms with Crippen LogP contribution < -0.4 is 5.32 Å². The SMILES string of the molecule is Cc1nsc(NC(=O)c2cccc(Cl)c2[N+](=O)[O-])n1. The van der Waals surface area contributed by atoms with Crippen molar-refractivity contribution in [2.45, 2.75) is 6.92 Å². The van der Waals surface area contributed by atoms with Crippen LogP contribution in [-0.4, -0.2) is 20.2 Å². The second-order valence-electron chi connectivity index (χ2n) is 3.49. The number of para-hydroxylation sites is 1. The number of nitrogens with zero attached hydrogens (tertiary/aromatic N) is 3. The molecule has 1 amide bonds. The number of benzene rings is 1. The molecule has 2 rings (SSSR count). The highest BCUT2D eigenvalue weighted by Crippen LogP contribution is 2.28. The second kappa shape index (κ2) is 5.29. The fourth-order valence-corrected chi connectivity index (χ4v) is 2.21. The van der Waals surface area contributed by atoms with Crippen molar-refractivity contribution in [1.82, 2.24) is 9.36 Å². The number of halogens is 1. The standard InChI is InChI=1S/C10H7ClN4O3S/c1-5-12-10(19-14-5)13-9(16)6-3-2-4-7(11)8(6)15(17)18/h2-4H,1H3,(H,12,13,14,16). The average molecular weight is 299 g/mol. The average Bonchev–Trinajstić information content (AvgIpc) is 2.73. The first-order chi connectivity index (χ1) is 8.99. The molecule has 0 spiro atoms. The molecular weight excluding hydrogens is 292 g/mol. The van der Waals surface area contributed by atoms with Crippen LogP contribution in [0.15, 0.2) is 18.2 Å². The summed E-state index contributed by atoms with van der Waals surface area (Å²) >= 11 is 6.72. The Morgan fingerprint density at radius 2 is 2.26 bits per heavy atom. The van der Waals surface area contributed by atoms with Crippen molar-refractivity contribution < 1.29 is 9.72 Å². The summed E-state index contributed by atoms with van der Waals surface area (Å²) in [7, 11) is 0. The number of anilines is 1. The highest BCUT2D eigenvalue weighted by molar-refractivity contribution is 7.09. The third-order valence-corrected chi connectivity index (χ3v) is 3.19. The summed E-state index contributed by atoms with van der Waals surface area (Å²) in [4.78, 5) is 26.1. The molecule has 7 nitrogen and oxygen atoms in total. The first-order valence-electron chi connectivity index (χ1n) is 5.03. The lowest BCUT2D eigenvalue weighted by Crippen LogP contribution is -2.14. The van der Waals surface area contributed by atoms with Gasteiger partial charge in [0, 0.05) is 11.5 Å². The molecule has 1 heterocycles. The Morgan fingerprint density at radius 1 is 1.53 bits per heavy atom. The topological polar surface area (TPSA) is 98.0 Å². The van der Waals surface area contributed by atoms with Crippen molar-refractivity contribution in [1.29, 1.82) is 0 Å². The van der Waals surface area contributed by atoms with Gasteiger partial charge in [0.15, 0.2) is 0 Å². The molecule has 2 aromatic rings. The molecule has 0 atom stereocenters. The normalized spacial score (nSPS) is 10.2. The molecule has 0 bridgehead atoms. The number of carbonyl (C=O) groups excluding carboxylic acids is 1. The van der Waals surface area contributed by atoms with Crippen LogP contribution in [0.3, 0.4) is 0 Å². The molecule has 0 radical (unpaired) electrons. The number of nitro groups is 1. The molecule has 0 fully saturated rings. The molecule has 1 aromatic heterocycles. The van der Waals surface area contributed by atoms with Gasteiger partial charge in [-0.3, -0.25) is 20.2 Å². The van der Waals surface area contributed by atoms with E-state index < -0.39 is 16.5 Å². The lowest BCUT2D eigenvalue weighted by molar-refractivity contribution is -0.385. The highest BCUT2D eigenvalue weighted by atomic mass is 35.5. The van der Waals surface area contributed by atoms with Crippen LogP contribution in [0.1, 0.15) is 16.2 Å². The zero-order valence-electron chi connectivity index (χ0n) is 9.58. The fraction of sp³-hybridized carbons (Fsp3) is 0.100. The Kier molecular flexibility index (Phi) is 3.72. The van der Waals surface area contributed by atoms with E-state index in [2.05, 4.69) is 14.7 Å². The van der Waals surface area contributed by atoms with E-state index in [1.165, 1.54) is 18.2 Å². The van der Waals surface area contributed by atoms with Gasteiger partial charge in [-0.1, -0.05) is 17.7 Å².